The summed E-state index contributed by atoms with van der Waals surface area (Å²) in [4.78, 5) is 22.4. The van der Waals surface area contributed by atoms with E-state index < -0.39 is 27.3 Å². The molecule has 0 unspecified atom stereocenters. The standard InChI is InChI=1S/C16H16N2O6S/c1-11-6-7-15(14(8-11)18(20)21)24-10-16(19)17-12-4-3-5-13(9-12)25(2,22)23/h3-9H,10H2,1-2H3,(H,17,19). The van der Waals surface area contributed by atoms with E-state index in [0.29, 0.717) is 5.56 Å². The van der Waals surface area contributed by atoms with Crippen molar-refractivity contribution in [1.29, 1.82) is 0 Å². The first-order valence-electron chi connectivity index (χ1n) is 7.14. The van der Waals surface area contributed by atoms with Crippen LogP contribution in [-0.4, -0.2) is 32.1 Å². The average molecular weight is 364 g/mol. The van der Waals surface area contributed by atoms with Gasteiger partial charge in [0.25, 0.3) is 5.91 Å². The maximum atomic E-state index is 11.9. The monoisotopic (exact) mass is 364 g/mol. The Morgan fingerprint density at radius 3 is 2.60 bits per heavy atom. The third kappa shape index (κ3) is 5.01. The van der Waals surface area contributed by atoms with E-state index in [1.165, 1.54) is 36.4 Å². The number of nitro benzene ring substituents is 1. The topological polar surface area (TPSA) is 116 Å². The van der Waals surface area contributed by atoms with Crippen molar-refractivity contribution in [2.24, 2.45) is 0 Å². The summed E-state index contributed by atoms with van der Waals surface area (Å²) in [5.74, 6) is -0.587. The summed E-state index contributed by atoms with van der Waals surface area (Å²) in [6.07, 6.45) is 1.06. The van der Waals surface area contributed by atoms with Crippen molar-refractivity contribution in [3.05, 3.63) is 58.1 Å². The molecule has 0 heterocycles. The number of carbonyl (C=O) groups is 1. The number of carbonyl (C=O) groups excluding carboxylic acids is 1. The number of benzene rings is 2. The van der Waals surface area contributed by atoms with E-state index in [-0.39, 0.29) is 22.0 Å². The van der Waals surface area contributed by atoms with Crippen LogP contribution in [0.15, 0.2) is 47.4 Å². The molecule has 0 aromatic heterocycles. The van der Waals surface area contributed by atoms with Gasteiger partial charge < -0.3 is 10.1 Å². The number of nitro groups is 1. The highest BCUT2D eigenvalue weighted by molar-refractivity contribution is 7.90. The summed E-state index contributed by atoms with van der Waals surface area (Å²) in [6, 6.07) is 10.2. The quantitative estimate of drug-likeness (QED) is 0.621. The first-order chi connectivity index (χ1) is 11.7. The number of hydrogen-bond acceptors (Lipinski definition) is 6. The second-order valence-electron chi connectivity index (χ2n) is 5.37. The molecule has 1 N–H and O–H groups in total. The minimum Gasteiger partial charge on any atom is -0.477 e. The van der Waals surface area contributed by atoms with Gasteiger partial charge in [-0.2, -0.15) is 0 Å². The van der Waals surface area contributed by atoms with Crippen molar-refractivity contribution in [2.45, 2.75) is 11.8 Å². The summed E-state index contributed by atoms with van der Waals surface area (Å²) >= 11 is 0. The molecule has 8 nitrogen and oxygen atoms in total. The fourth-order valence-corrected chi connectivity index (χ4v) is 2.70. The fraction of sp³-hybridized carbons (Fsp3) is 0.188. The van der Waals surface area contributed by atoms with Crippen molar-refractivity contribution in [3.8, 4) is 5.75 Å². The van der Waals surface area contributed by atoms with E-state index in [1.807, 2.05) is 0 Å². The number of sulfone groups is 1. The van der Waals surface area contributed by atoms with E-state index >= 15 is 0 Å². The van der Waals surface area contributed by atoms with Gasteiger partial charge in [0.15, 0.2) is 22.2 Å². The molecule has 0 bridgehead atoms. The van der Waals surface area contributed by atoms with Gasteiger partial charge >= 0.3 is 5.69 Å². The molecule has 25 heavy (non-hydrogen) atoms. The SMILES string of the molecule is Cc1ccc(OCC(=O)Nc2cccc(S(C)(=O)=O)c2)c([N+](=O)[O-])c1. The maximum absolute atomic E-state index is 11.9. The Hall–Kier alpha value is -2.94. The van der Waals surface area contributed by atoms with Gasteiger partial charge in [-0.05, 0) is 36.8 Å². The summed E-state index contributed by atoms with van der Waals surface area (Å²) in [7, 11) is -3.39. The fourth-order valence-electron chi connectivity index (χ4n) is 2.04. The Balaban J connectivity index is 2.06. The van der Waals surface area contributed by atoms with E-state index in [4.69, 9.17) is 4.74 Å². The maximum Gasteiger partial charge on any atom is 0.311 e. The van der Waals surface area contributed by atoms with Gasteiger partial charge in [-0.1, -0.05) is 12.1 Å². The lowest BCUT2D eigenvalue weighted by Crippen LogP contribution is -2.20. The molecule has 0 saturated carbocycles. The molecule has 0 atom stereocenters. The number of aryl methyl sites for hydroxylation is 1. The van der Waals surface area contributed by atoms with E-state index in [2.05, 4.69) is 5.32 Å². The van der Waals surface area contributed by atoms with Crippen LogP contribution in [0, 0.1) is 17.0 Å². The molecule has 2 rings (SSSR count). The second kappa shape index (κ2) is 7.31. The van der Waals surface area contributed by atoms with Gasteiger partial charge in [-0.3, -0.25) is 14.9 Å². The molecule has 2 aromatic carbocycles. The van der Waals surface area contributed by atoms with Gasteiger partial charge in [0.1, 0.15) is 0 Å². The molecule has 0 spiro atoms. The molecule has 0 aliphatic heterocycles. The molecule has 0 fully saturated rings. The normalized spacial score (nSPS) is 11.0. The zero-order valence-corrected chi connectivity index (χ0v) is 14.4. The number of hydrogen-bond donors (Lipinski definition) is 1. The average Bonchev–Trinajstić information content (AvgIpc) is 2.53. The Bertz CT molecular complexity index is 924. The largest absolute Gasteiger partial charge is 0.477 e. The van der Waals surface area contributed by atoms with Crippen LogP contribution in [0.3, 0.4) is 0 Å². The zero-order valence-electron chi connectivity index (χ0n) is 13.6. The predicted molar refractivity (Wildman–Crippen MR) is 91.5 cm³/mol. The lowest BCUT2D eigenvalue weighted by Gasteiger charge is -2.09. The Morgan fingerprint density at radius 1 is 1.24 bits per heavy atom. The lowest BCUT2D eigenvalue weighted by molar-refractivity contribution is -0.385. The number of nitrogens with zero attached hydrogens (tertiary/aromatic N) is 1. The zero-order chi connectivity index (χ0) is 18.6. The summed E-state index contributed by atoms with van der Waals surface area (Å²) in [5.41, 5.74) is 0.753. The number of rotatable bonds is 6. The predicted octanol–water partition coefficient (Wildman–Crippen LogP) is 2.32. The minimum absolute atomic E-state index is 0.0179. The summed E-state index contributed by atoms with van der Waals surface area (Å²) < 4.78 is 28.2. The molecule has 0 saturated heterocycles. The first-order valence-corrected chi connectivity index (χ1v) is 9.04. The number of amides is 1. The molecule has 0 aliphatic carbocycles. The van der Waals surface area contributed by atoms with E-state index in [1.54, 1.807) is 13.0 Å². The lowest BCUT2D eigenvalue weighted by atomic mass is 10.2. The van der Waals surface area contributed by atoms with Crippen LogP contribution >= 0.6 is 0 Å². The van der Waals surface area contributed by atoms with Crippen LogP contribution < -0.4 is 10.1 Å². The first kappa shape index (κ1) is 18.4. The number of ether oxygens (including phenoxy) is 1. The highest BCUT2D eigenvalue weighted by atomic mass is 32.2. The van der Waals surface area contributed by atoms with Crippen LogP contribution in [-0.2, 0) is 14.6 Å². The van der Waals surface area contributed by atoms with Crippen LogP contribution in [0.2, 0.25) is 0 Å². The van der Waals surface area contributed by atoms with Crippen LogP contribution in [0.25, 0.3) is 0 Å². The highest BCUT2D eigenvalue weighted by Gasteiger charge is 2.16. The smallest absolute Gasteiger partial charge is 0.311 e. The number of nitrogens with one attached hydrogen (secondary N) is 1. The molecule has 132 valence electrons. The molecule has 0 aliphatic rings. The Morgan fingerprint density at radius 2 is 1.96 bits per heavy atom. The molecule has 2 aromatic rings. The van der Waals surface area contributed by atoms with Gasteiger partial charge in [0.2, 0.25) is 0 Å². The van der Waals surface area contributed by atoms with Gasteiger partial charge in [0, 0.05) is 18.0 Å². The minimum atomic E-state index is -3.39. The van der Waals surface area contributed by atoms with Crippen molar-refractivity contribution in [1.82, 2.24) is 0 Å². The van der Waals surface area contributed by atoms with Gasteiger partial charge in [0.05, 0.1) is 9.82 Å². The summed E-state index contributed by atoms with van der Waals surface area (Å²) in [5, 5.41) is 13.5. The third-order valence-corrected chi connectivity index (χ3v) is 4.33. The summed E-state index contributed by atoms with van der Waals surface area (Å²) in [6.45, 7) is 1.26. The molecular weight excluding hydrogens is 348 g/mol. The molecule has 1 amide bonds. The number of anilines is 1. The van der Waals surface area contributed by atoms with Crippen molar-refractivity contribution in [2.75, 3.05) is 18.2 Å². The Kier molecular flexibility index (Phi) is 5.38. The third-order valence-electron chi connectivity index (χ3n) is 3.22. The molecule has 0 radical (unpaired) electrons. The van der Waals surface area contributed by atoms with E-state index in [0.717, 1.165) is 6.26 Å². The highest BCUT2D eigenvalue weighted by Crippen LogP contribution is 2.27. The Labute approximate surface area is 144 Å². The van der Waals surface area contributed by atoms with Gasteiger partial charge in [-0.15, -0.1) is 0 Å². The molecular formula is C16H16N2O6S. The molecule has 9 heteroatoms. The van der Waals surface area contributed by atoms with Crippen LogP contribution in [0.4, 0.5) is 11.4 Å². The van der Waals surface area contributed by atoms with Crippen molar-refractivity contribution >= 4 is 27.1 Å². The van der Waals surface area contributed by atoms with Crippen LogP contribution in [0.1, 0.15) is 5.56 Å². The van der Waals surface area contributed by atoms with Gasteiger partial charge in [-0.25, -0.2) is 8.42 Å². The van der Waals surface area contributed by atoms with E-state index in [9.17, 15) is 23.3 Å². The van der Waals surface area contributed by atoms with Crippen molar-refractivity contribution in [3.63, 3.8) is 0 Å². The second-order valence-corrected chi connectivity index (χ2v) is 7.38. The van der Waals surface area contributed by atoms with Crippen LogP contribution in [0.5, 0.6) is 5.75 Å². The van der Waals surface area contributed by atoms with Crippen molar-refractivity contribution < 1.29 is 22.9 Å².